The van der Waals surface area contributed by atoms with Crippen molar-refractivity contribution in [1.29, 1.82) is 0 Å². The molecule has 0 N–H and O–H groups in total. The third-order valence-electron chi connectivity index (χ3n) is 4.07. The van der Waals surface area contributed by atoms with Crippen LogP contribution in [0.4, 0.5) is 5.69 Å². The Balaban J connectivity index is 1.83. The number of hydrogen-bond donors (Lipinski definition) is 0. The molecule has 3 rings (SSSR count). The predicted molar refractivity (Wildman–Crippen MR) is 73.2 cm³/mol. The van der Waals surface area contributed by atoms with Crippen molar-refractivity contribution in [2.75, 3.05) is 0 Å². The number of fused-ring (bicyclic) bond motifs is 2. The van der Waals surface area contributed by atoms with E-state index in [1.807, 2.05) is 12.1 Å². The van der Waals surface area contributed by atoms with E-state index in [2.05, 4.69) is 0 Å². The smallest absolute Gasteiger partial charge is 0.258 e. The second-order valence-electron chi connectivity index (χ2n) is 5.08. The number of hydrogen-bond acceptors (Lipinski definition) is 3. The van der Waals surface area contributed by atoms with E-state index < -0.39 is 0 Å². The van der Waals surface area contributed by atoms with Crippen LogP contribution in [0.2, 0.25) is 0 Å². The van der Waals surface area contributed by atoms with Gasteiger partial charge in [0.2, 0.25) is 0 Å². The van der Waals surface area contributed by atoms with Crippen LogP contribution in [0, 0.1) is 22.0 Å². The summed E-state index contributed by atoms with van der Waals surface area (Å²) in [5.74, 6) is 1.26. The Hall–Kier alpha value is -0.740. The summed E-state index contributed by atoms with van der Waals surface area (Å²) in [5.41, 5.74) is 0.203. The second kappa shape index (κ2) is 4.74. The first-order valence-corrected chi connectivity index (χ1v) is 7.52. The highest BCUT2D eigenvalue weighted by atomic mass is 35.5. The molecule has 96 valence electrons. The van der Waals surface area contributed by atoms with Crippen LogP contribution in [0.15, 0.2) is 29.2 Å². The Kier molecular flexibility index (Phi) is 3.24. The van der Waals surface area contributed by atoms with Crippen molar-refractivity contribution in [3.05, 3.63) is 34.4 Å². The minimum atomic E-state index is -0.307. The van der Waals surface area contributed by atoms with Gasteiger partial charge in [-0.15, -0.1) is 23.4 Å². The molecule has 0 aliphatic heterocycles. The SMILES string of the molecule is O=[N+]([O-])c1ccccc1S[C@H]1[C@H]2CC[C@@H](C2)[C@@H]1Cl. The molecule has 2 aliphatic carbocycles. The molecule has 2 saturated carbocycles. The molecule has 0 aromatic heterocycles. The minimum absolute atomic E-state index is 0.175. The number of nitrogens with zero attached hydrogens (tertiary/aromatic N) is 1. The zero-order chi connectivity index (χ0) is 12.7. The number of halogens is 1. The number of alkyl halides is 1. The Bertz CT molecular complexity index is 480. The molecule has 1 aromatic carbocycles. The monoisotopic (exact) mass is 283 g/mol. The van der Waals surface area contributed by atoms with Crippen molar-refractivity contribution >= 4 is 29.1 Å². The van der Waals surface area contributed by atoms with Gasteiger partial charge in [0, 0.05) is 16.7 Å². The van der Waals surface area contributed by atoms with Crippen LogP contribution in [0.5, 0.6) is 0 Å². The van der Waals surface area contributed by atoms with Gasteiger partial charge in [-0.2, -0.15) is 0 Å². The quantitative estimate of drug-likeness (QED) is 0.477. The van der Waals surface area contributed by atoms with E-state index in [4.69, 9.17) is 11.6 Å². The van der Waals surface area contributed by atoms with Crippen LogP contribution in [-0.4, -0.2) is 15.6 Å². The van der Waals surface area contributed by atoms with Crippen molar-refractivity contribution in [1.82, 2.24) is 0 Å². The van der Waals surface area contributed by atoms with Crippen LogP contribution in [0.25, 0.3) is 0 Å². The topological polar surface area (TPSA) is 43.1 Å². The third kappa shape index (κ3) is 2.01. The minimum Gasteiger partial charge on any atom is -0.258 e. The summed E-state index contributed by atoms with van der Waals surface area (Å²) in [6, 6.07) is 6.96. The number of benzene rings is 1. The number of thioether (sulfide) groups is 1. The fraction of sp³-hybridized carbons (Fsp3) is 0.538. The Labute approximate surface area is 115 Å². The van der Waals surface area contributed by atoms with Crippen molar-refractivity contribution in [2.24, 2.45) is 11.8 Å². The zero-order valence-electron chi connectivity index (χ0n) is 9.79. The first kappa shape index (κ1) is 12.3. The summed E-state index contributed by atoms with van der Waals surface area (Å²) in [6.07, 6.45) is 3.66. The van der Waals surface area contributed by atoms with Gasteiger partial charge in [0.15, 0.2) is 0 Å². The summed E-state index contributed by atoms with van der Waals surface area (Å²) in [7, 11) is 0. The van der Waals surface area contributed by atoms with Crippen LogP contribution in [-0.2, 0) is 0 Å². The lowest BCUT2D eigenvalue weighted by Gasteiger charge is -2.25. The maximum atomic E-state index is 11.0. The van der Waals surface area contributed by atoms with Crippen molar-refractivity contribution in [2.45, 2.75) is 34.8 Å². The summed E-state index contributed by atoms with van der Waals surface area (Å²) in [5, 5.41) is 11.5. The zero-order valence-corrected chi connectivity index (χ0v) is 11.4. The normalized spacial score (nSPS) is 33.8. The maximum absolute atomic E-state index is 11.0. The van der Waals surface area contributed by atoms with Gasteiger partial charge in [-0.25, -0.2) is 0 Å². The molecule has 2 aliphatic rings. The summed E-state index contributed by atoms with van der Waals surface area (Å²) >= 11 is 8.07. The van der Waals surface area contributed by atoms with E-state index in [9.17, 15) is 10.1 Å². The van der Waals surface area contributed by atoms with E-state index in [1.165, 1.54) is 19.3 Å². The van der Waals surface area contributed by atoms with E-state index >= 15 is 0 Å². The summed E-state index contributed by atoms with van der Waals surface area (Å²) in [6.45, 7) is 0. The van der Waals surface area contributed by atoms with E-state index in [-0.39, 0.29) is 16.0 Å². The molecule has 1 aromatic rings. The lowest BCUT2D eigenvalue weighted by Crippen LogP contribution is -2.25. The lowest BCUT2D eigenvalue weighted by molar-refractivity contribution is -0.387. The average molecular weight is 284 g/mol. The van der Waals surface area contributed by atoms with E-state index in [0.29, 0.717) is 17.1 Å². The standard InChI is InChI=1S/C13H14ClNO2S/c14-12-8-5-6-9(7-8)13(12)18-11-4-2-1-3-10(11)15(16)17/h1-4,8-9,12-13H,5-7H2/t8-,9-,12-,13-/m0/s1. The Morgan fingerprint density at radius 3 is 2.67 bits per heavy atom. The molecule has 3 nitrogen and oxygen atoms in total. The third-order valence-corrected chi connectivity index (χ3v) is 6.39. The molecule has 0 amide bonds. The van der Waals surface area contributed by atoms with Gasteiger partial charge in [0.25, 0.3) is 5.69 Å². The van der Waals surface area contributed by atoms with Crippen LogP contribution < -0.4 is 0 Å². The Morgan fingerprint density at radius 2 is 2.00 bits per heavy atom. The largest absolute Gasteiger partial charge is 0.282 e. The molecule has 0 saturated heterocycles. The van der Waals surface area contributed by atoms with Gasteiger partial charge >= 0.3 is 0 Å². The molecular formula is C13H14ClNO2S. The van der Waals surface area contributed by atoms with Crippen LogP contribution in [0.1, 0.15) is 19.3 Å². The van der Waals surface area contributed by atoms with Gasteiger partial charge < -0.3 is 0 Å². The highest BCUT2D eigenvalue weighted by Gasteiger charge is 2.47. The molecule has 18 heavy (non-hydrogen) atoms. The van der Waals surface area contributed by atoms with Crippen LogP contribution >= 0.6 is 23.4 Å². The number of rotatable bonds is 3. The number of nitro benzene ring substituents is 1. The number of para-hydroxylation sites is 1. The van der Waals surface area contributed by atoms with E-state index in [0.717, 1.165) is 4.90 Å². The van der Waals surface area contributed by atoms with Gasteiger partial charge in [-0.1, -0.05) is 12.1 Å². The van der Waals surface area contributed by atoms with Gasteiger partial charge in [0.05, 0.1) is 9.82 Å². The maximum Gasteiger partial charge on any atom is 0.282 e. The highest BCUT2D eigenvalue weighted by Crippen LogP contribution is 2.54. The van der Waals surface area contributed by atoms with Gasteiger partial charge in [-0.05, 0) is 37.2 Å². The van der Waals surface area contributed by atoms with Crippen molar-refractivity contribution < 1.29 is 4.92 Å². The molecule has 0 unspecified atom stereocenters. The molecule has 0 radical (unpaired) electrons. The fourth-order valence-electron chi connectivity index (χ4n) is 3.18. The molecule has 4 atom stereocenters. The predicted octanol–water partition coefficient (Wildman–Crippen LogP) is 4.09. The van der Waals surface area contributed by atoms with Gasteiger partial charge in [-0.3, -0.25) is 10.1 Å². The van der Waals surface area contributed by atoms with Crippen LogP contribution in [0.3, 0.4) is 0 Å². The fourth-order valence-corrected chi connectivity index (χ4v) is 5.28. The lowest BCUT2D eigenvalue weighted by atomic mass is 10.00. The first-order valence-electron chi connectivity index (χ1n) is 6.21. The first-order chi connectivity index (χ1) is 8.66. The van der Waals surface area contributed by atoms with Crippen molar-refractivity contribution in [3.8, 4) is 0 Å². The molecule has 2 fully saturated rings. The molecule has 0 heterocycles. The van der Waals surface area contributed by atoms with Crippen molar-refractivity contribution in [3.63, 3.8) is 0 Å². The van der Waals surface area contributed by atoms with E-state index in [1.54, 1.807) is 23.9 Å². The molecule has 0 spiro atoms. The number of nitro groups is 1. The summed E-state index contributed by atoms with van der Waals surface area (Å²) < 4.78 is 0. The molecular weight excluding hydrogens is 270 g/mol. The summed E-state index contributed by atoms with van der Waals surface area (Å²) in [4.78, 5) is 11.4. The highest BCUT2D eigenvalue weighted by molar-refractivity contribution is 8.00. The molecule has 5 heteroatoms. The second-order valence-corrected chi connectivity index (χ2v) is 6.81. The molecule has 2 bridgehead atoms. The van der Waals surface area contributed by atoms with Gasteiger partial charge in [0.1, 0.15) is 0 Å². The Morgan fingerprint density at radius 1 is 1.28 bits per heavy atom. The average Bonchev–Trinajstić information content (AvgIpc) is 2.93.